The molecule has 0 unspecified atom stereocenters. The highest BCUT2D eigenvalue weighted by molar-refractivity contribution is 6.30. The number of carbonyl (C=O) groups excluding carboxylic acids is 1. The smallest absolute Gasteiger partial charge is 0.363 e. The first-order valence-corrected chi connectivity index (χ1v) is 10.7. The number of nitrogens with zero attached hydrogens (tertiary/aromatic N) is 4. The molecule has 0 bridgehead atoms. The summed E-state index contributed by atoms with van der Waals surface area (Å²) in [7, 11) is 0. The van der Waals surface area contributed by atoms with E-state index in [4.69, 9.17) is 20.9 Å². The standard InChI is InChI=1S/C24H21ClN4O4/c1-14(2)16-4-6-17(7-5-16)23-26-21(33-28-23)13-32-24(31)22-20(30)12-15(3)29(27-22)19-10-8-18(25)9-11-19/h4-12,14H,13H2,1-3H3. The number of hydrogen-bond donors (Lipinski definition) is 0. The van der Waals surface area contributed by atoms with Gasteiger partial charge in [-0.25, -0.2) is 9.48 Å². The summed E-state index contributed by atoms with van der Waals surface area (Å²) in [6, 6.07) is 16.0. The molecule has 4 rings (SSSR count). The predicted octanol–water partition coefficient (Wildman–Crippen LogP) is 4.72. The van der Waals surface area contributed by atoms with Crippen molar-refractivity contribution in [1.29, 1.82) is 0 Å². The second-order valence-electron chi connectivity index (χ2n) is 7.75. The van der Waals surface area contributed by atoms with Crippen molar-refractivity contribution in [3.63, 3.8) is 0 Å². The third kappa shape index (κ3) is 5.01. The molecule has 8 nitrogen and oxygen atoms in total. The molecule has 0 fully saturated rings. The van der Waals surface area contributed by atoms with Crippen molar-refractivity contribution in [3.05, 3.63) is 92.7 Å². The third-order valence-electron chi connectivity index (χ3n) is 5.00. The Labute approximate surface area is 194 Å². The molecule has 2 aromatic carbocycles. The molecule has 2 aromatic heterocycles. The molecule has 0 atom stereocenters. The average Bonchev–Trinajstić information content (AvgIpc) is 3.27. The van der Waals surface area contributed by atoms with Crippen LogP contribution in [0.5, 0.6) is 0 Å². The lowest BCUT2D eigenvalue weighted by atomic mass is 10.0. The maximum Gasteiger partial charge on any atom is 0.363 e. The van der Waals surface area contributed by atoms with Crippen molar-refractivity contribution in [3.8, 4) is 17.1 Å². The van der Waals surface area contributed by atoms with Gasteiger partial charge in [0.2, 0.25) is 16.9 Å². The van der Waals surface area contributed by atoms with Gasteiger partial charge in [-0.3, -0.25) is 4.79 Å². The number of halogens is 1. The second-order valence-corrected chi connectivity index (χ2v) is 8.19. The first-order valence-electron chi connectivity index (χ1n) is 10.3. The molecular weight excluding hydrogens is 444 g/mol. The van der Waals surface area contributed by atoms with E-state index in [-0.39, 0.29) is 18.2 Å². The summed E-state index contributed by atoms with van der Waals surface area (Å²) in [5, 5.41) is 8.67. The van der Waals surface area contributed by atoms with Crippen LogP contribution in [0.4, 0.5) is 0 Å². The van der Waals surface area contributed by atoms with Crippen LogP contribution in [0.15, 0.2) is 63.9 Å². The topological polar surface area (TPSA) is 100 Å². The highest BCUT2D eigenvalue weighted by Gasteiger charge is 2.19. The van der Waals surface area contributed by atoms with Gasteiger partial charge in [-0.05, 0) is 42.7 Å². The minimum Gasteiger partial charge on any atom is -0.451 e. The number of ether oxygens (including phenoxy) is 1. The van der Waals surface area contributed by atoms with Crippen molar-refractivity contribution >= 4 is 17.6 Å². The Hall–Kier alpha value is -3.78. The van der Waals surface area contributed by atoms with Crippen molar-refractivity contribution < 1.29 is 14.1 Å². The number of aromatic nitrogens is 4. The molecule has 0 saturated carbocycles. The molecule has 0 aliphatic rings. The molecule has 0 radical (unpaired) electrons. The summed E-state index contributed by atoms with van der Waals surface area (Å²) in [6.07, 6.45) is 0. The maximum absolute atomic E-state index is 12.6. The van der Waals surface area contributed by atoms with Crippen molar-refractivity contribution in [2.75, 3.05) is 0 Å². The fourth-order valence-corrected chi connectivity index (χ4v) is 3.30. The van der Waals surface area contributed by atoms with E-state index in [1.54, 1.807) is 31.2 Å². The third-order valence-corrected chi connectivity index (χ3v) is 5.25. The van der Waals surface area contributed by atoms with Gasteiger partial charge in [-0.2, -0.15) is 10.1 Å². The number of benzene rings is 2. The number of aryl methyl sites for hydroxylation is 1. The molecule has 0 spiro atoms. The van der Waals surface area contributed by atoms with Crippen LogP contribution in [0.25, 0.3) is 17.1 Å². The zero-order chi connectivity index (χ0) is 23.5. The first-order chi connectivity index (χ1) is 15.8. The van der Waals surface area contributed by atoms with E-state index in [1.807, 2.05) is 24.3 Å². The van der Waals surface area contributed by atoms with E-state index in [1.165, 1.54) is 16.3 Å². The van der Waals surface area contributed by atoms with Crippen LogP contribution < -0.4 is 5.43 Å². The van der Waals surface area contributed by atoms with E-state index >= 15 is 0 Å². The number of esters is 1. The quantitative estimate of drug-likeness (QED) is 0.380. The van der Waals surface area contributed by atoms with Gasteiger partial charge >= 0.3 is 5.97 Å². The number of hydrogen-bond acceptors (Lipinski definition) is 7. The van der Waals surface area contributed by atoms with Gasteiger partial charge in [0.1, 0.15) is 0 Å². The normalized spacial score (nSPS) is 11.1. The Morgan fingerprint density at radius 2 is 1.82 bits per heavy atom. The lowest BCUT2D eigenvalue weighted by Gasteiger charge is -2.10. The van der Waals surface area contributed by atoms with E-state index in [0.29, 0.717) is 28.1 Å². The summed E-state index contributed by atoms with van der Waals surface area (Å²) in [4.78, 5) is 29.2. The average molecular weight is 465 g/mol. The summed E-state index contributed by atoms with van der Waals surface area (Å²) in [6.45, 7) is 5.66. The van der Waals surface area contributed by atoms with Gasteiger partial charge in [0, 0.05) is 22.3 Å². The van der Waals surface area contributed by atoms with Crippen LogP contribution in [0.2, 0.25) is 5.02 Å². The SMILES string of the molecule is Cc1cc(=O)c(C(=O)OCc2nc(-c3ccc(C(C)C)cc3)no2)nn1-c1ccc(Cl)cc1. The molecular formula is C24H21ClN4O4. The van der Waals surface area contributed by atoms with Crippen molar-refractivity contribution in [1.82, 2.24) is 19.9 Å². The molecule has 9 heteroatoms. The molecule has 0 amide bonds. The zero-order valence-corrected chi connectivity index (χ0v) is 19.0. The number of carbonyl (C=O) groups is 1. The van der Waals surface area contributed by atoms with E-state index in [0.717, 1.165) is 5.56 Å². The minimum atomic E-state index is -0.885. The predicted molar refractivity (Wildman–Crippen MR) is 123 cm³/mol. The van der Waals surface area contributed by atoms with Gasteiger partial charge in [-0.15, -0.1) is 0 Å². The molecule has 0 aliphatic heterocycles. The molecule has 0 aliphatic carbocycles. The lowest BCUT2D eigenvalue weighted by Crippen LogP contribution is -2.24. The molecule has 4 aromatic rings. The monoisotopic (exact) mass is 464 g/mol. The molecule has 0 saturated heterocycles. The van der Waals surface area contributed by atoms with E-state index in [9.17, 15) is 9.59 Å². The van der Waals surface area contributed by atoms with E-state index in [2.05, 4.69) is 29.1 Å². The van der Waals surface area contributed by atoms with Crippen LogP contribution >= 0.6 is 11.6 Å². The van der Waals surface area contributed by atoms with Crippen LogP contribution in [-0.2, 0) is 11.3 Å². The summed E-state index contributed by atoms with van der Waals surface area (Å²) in [5.74, 6) is 0.0223. The first kappa shape index (κ1) is 22.4. The largest absolute Gasteiger partial charge is 0.451 e. The Morgan fingerprint density at radius 3 is 2.48 bits per heavy atom. The van der Waals surface area contributed by atoms with Crippen LogP contribution in [0, 0.1) is 6.92 Å². The van der Waals surface area contributed by atoms with Crippen molar-refractivity contribution in [2.24, 2.45) is 0 Å². The van der Waals surface area contributed by atoms with Crippen LogP contribution in [0.3, 0.4) is 0 Å². The molecule has 33 heavy (non-hydrogen) atoms. The molecule has 0 N–H and O–H groups in total. The Bertz CT molecular complexity index is 1340. The second kappa shape index (κ2) is 9.38. The Morgan fingerprint density at radius 1 is 1.12 bits per heavy atom. The highest BCUT2D eigenvalue weighted by atomic mass is 35.5. The fraction of sp³-hybridized carbons (Fsp3) is 0.208. The molecule has 168 valence electrons. The van der Waals surface area contributed by atoms with E-state index < -0.39 is 11.4 Å². The number of rotatable bonds is 6. The maximum atomic E-state index is 12.6. The van der Waals surface area contributed by atoms with Gasteiger partial charge in [0.25, 0.3) is 5.89 Å². The molecule has 2 heterocycles. The summed E-state index contributed by atoms with van der Waals surface area (Å²) < 4.78 is 11.9. The Kier molecular flexibility index (Phi) is 6.37. The lowest BCUT2D eigenvalue weighted by molar-refractivity contribution is 0.0419. The van der Waals surface area contributed by atoms with Crippen LogP contribution in [-0.4, -0.2) is 25.9 Å². The Balaban J connectivity index is 1.49. The minimum absolute atomic E-state index is 0.108. The summed E-state index contributed by atoms with van der Waals surface area (Å²) >= 11 is 5.93. The van der Waals surface area contributed by atoms with Crippen LogP contribution in [0.1, 0.15) is 47.4 Å². The summed E-state index contributed by atoms with van der Waals surface area (Å²) in [5.41, 5.74) is 2.30. The van der Waals surface area contributed by atoms with Gasteiger partial charge in [0.15, 0.2) is 6.61 Å². The fourth-order valence-electron chi connectivity index (χ4n) is 3.18. The zero-order valence-electron chi connectivity index (χ0n) is 18.3. The van der Waals surface area contributed by atoms with Crippen molar-refractivity contribution in [2.45, 2.75) is 33.3 Å². The van der Waals surface area contributed by atoms with Gasteiger partial charge in [0.05, 0.1) is 5.69 Å². The highest BCUT2D eigenvalue weighted by Crippen LogP contribution is 2.21. The van der Waals surface area contributed by atoms with Gasteiger partial charge in [-0.1, -0.05) is 54.9 Å². The van der Waals surface area contributed by atoms with Gasteiger partial charge < -0.3 is 9.26 Å².